The highest BCUT2D eigenvalue weighted by Gasteiger charge is 2.20. The summed E-state index contributed by atoms with van der Waals surface area (Å²) >= 11 is 3.66. The molecule has 0 amide bonds. The summed E-state index contributed by atoms with van der Waals surface area (Å²) < 4.78 is 6.82. The first-order valence-corrected chi connectivity index (χ1v) is 8.65. The first-order chi connectivity index (χ1) is 9.82. The molecule has 0 saturated carbocycles. The van der Waals surface area contributed by atoms with Crippen molar-refractivity contribution in [1.82, 2.24) is 5.32 Å². The van der Waals surface area contributed by atoms with Crippen molar-refractivity contribution in [3.05, 3.63) is 27.2 Å². The van der Waals surface area contributed by atoms with Crippen molar-refractivity contribution in [1.29, 1.82) is 0 Å². The number of aryl methyl sites for hydroxylation is 1. The summed E-state index contributed by atoms with van der Waals surface area (Å²) in [6.45, 7) is 13.3. The molecule has 120 valence electrons. The topological polar surface area (TPSA) is 21.3 Å². The monoisotopic (exact) mass is 355 g/mol. The van der Waals surface area contributed by atoms with E-state index in [1.165, 1.54) is 27.6 Å². The molecule has 0 heterocycles. The number of nitrogens with one attached hydrogen (secondary N) is 1. The Bertz CT molecular complexity index is 469. The minimum atomic E-state index is 0.294. The third kappa shape index (κ3) is 5.30. The molecule has 0 aliphatic carbocycles. The SMILES string of the molecule is CCCNCC(C)(C)CCc1c(C)c(Br)cc(C)c1OC. The zero-order chi connectivity index (χ0) is 16.0. The lowest BCUT2D eigenvalue weighted by Gasteiger charge is -2.26. The molecule has 1 aromatic carbocycles. The second-order valence-electron chi connectivity index (χ2n) is 6.65. The normalized spacial score (nSPS) is 11.8. The fraction of sp³-hybridized carbons (Fsp3) is 0.667. The third-order valence-corrected chi connectivity index (χ3v) is 4.90. The van der Waals surface area contributed by atoms with Gasteiger partial charge in [0.25, 0.3) is 0 Å². The van der Waals surface area contributed by atoms with Crippen molar-refractivity contribution in [3.63, 3.8) is 0 Å². The Morgan fingerprint density at radius 2 is 1.95 bits per heavy atom. The van der Waals surface area contributed by atoms with E-state index in [0.717, 1.165) is 31.7 Å². The van der Waals surface area contributed by atoms with Gasteiger partial charge < -0.3 is 10.1 Å². The van der Waals surface area contributed by atoms with Crippen LogP contribution in [-0.4, -0.2) is 20.2 Å². The minimum Gasteiger partial charge on any atom is -0.496 e. The van der Waals surface area contributed by atoms with E-state index in [-0.39, 0.29) is 0 Å². The molecule has 0 radical (unpaired) electrons. The van der Waals surface area contributed by atoms with Gasteiger partial charge in [-0.25, -0.2) is 0 Å². The molecule has 0 fully saturated rings. The van der Waals surface area contributed by atoms with E-state index >= 15 is 0 Å². The molecule has 1 N–H and O–H groups in total. The van der Waals surface area contributed by atoms with Gasteiger partial charge in [0.2, 0.25) is 0 Å². The van der Waals surface area contributed by atoms with Crippen LogP contribution in [0, 0.1) is 19.3 Å². The highest BCUT2D eigenvalue weighted by atomic mass is 79.9. The molecule has 0 bridgehead atoms. The first kappa shape index (κ1) is 18.5. The van der Waals surface area contributed by atoms with Gasteiger partial charge in [0, 0.05) is 11.0 Å². The van der Waals surface area contributed by atoms with Gasteiger partial charge in [-0.1, -0.05) is 36.7 Å². The van der Waals surface area contributed by atoms with Crippen LogP contribution in [0.5, 0.6) is 5.75 Å². The number of methoxy groups -OCH3 is 1. The Hall–Kier alpha value is -0.540. The number of ether oxygens (including phenoxy) is 1. The third-order valence-electron chi connectivity index (χ3n) is 4.07. The number of halogens is 1. The van der Waals surface area contributed by atoms with Gasteiger partial charge in [-0.05, 0) is 67.8 Å². The van der Waals surface area contributed by atoms with E-state index in [0.29, 0.717) is 5.41 Å². The van der Waals surface area contributed by atoms with Gasteiger partial charge >= 0.3 is 0 Å². The number of hydrogen-bond donors (Lipinski definition) is 1. The summed E-state index contributed by atoms with van der Waals surface area (Å²) in [5.74, 6) is 1.05. The van der Waals surface area contributed by atoms with E-state index in [4.69, 9.17) is 4.74 Å². The van der Waals surface area contributed by atoms with Crippen LogP contribution < -0.4 is 10.1 Å². The summed E-state index contributed by atoms with van der Waals surface area (Å²) in [5, 5.41) is 3.54. The van der Waals surface area contributed by atoms with Crippen LogP contribution in [0.3, 0.4) is 0 Å². The predicted octanol–water partition coefficient (Wildman–Crippen LogP) is 5.03. The summed E-state index contributed by atoms with van der Waals surface area (Å²) in [6.07, 6.45) is 3.39. The number of benzene rings is 1. The Labute approximate surface area is 138 Å². The molecule has 0 saturated heterocycles. The minimum absolute atomic E-state index is 0.294. The van der Waals surface area contributed by atoms with Crippen LogP contribution in [0.4, 0.5) is 0 Å². The largest absolute Gasteiger partial charge is 0.496 e. The van der Waals surface area contributed by atoms with E-state index in [1.54, 1.807) is 7.11 Å². The highest BCUT2D eigenvalue weighted by molar-refractivity contribution is 9.10. The van der Waals surface area contributed by atoms with Crippen molar-refractivity contribution in [3.8, 4) is 5.75 Å². The smallest absolute Gasteiger partial charge is 0.125 e. The molecule has 21 heavy (non-hydrogen) atoms. The second-order valence-corrected chi connectivity index (χ2v) is 7.51. The lowest BCUT2D eigenvalue weighted by atomic mass is 9.85. The average Bonchev–Trinajstić information content (AvgIpc) is 2.41. The van der Waals surface area contributed by atoms with Gasteiger partial charge in [0.05, 0.1) is 7.11 Å². The van der Waals surface area contributed by atoms with Gasteiger partial charge in [-0.3, -0.25) is 0 Å². The summed E-state index contributed by atoms with van der Waals surface area (Å²) in [5.41, 5.74) is 4.14. The number of rotatable bonds is 8. The molecule has 2 nitrogen and oxygen atoms in total. The van der Waals surface area contributed by atoms with Crippen LogP contribution >= 0.6 is 15.9 Å². The zero-order valence-corrected chi connectivity index (χ0v) is 16.0. The molecule has 0 unspecified atom stereocenters. The molecule has 1 rings (SSSR count). The maximum Gasteiger partial charge on any atom is 0.125 e. The molecule has 0 aliphatic heterocycles. The lowest BCUT2D eigenvalue weighted by molar-refractivity contribution is 0.312. The van der Waals surface area contributed by atoms with Gasteiger partial charge in [0.15, 0.2) is 0 Å². The van der Waals surface area contributed by atoms with E-state index in [9.17, 15) is 0 Å². The Balaban J connectivity index is 2.83. The van der Waals surface area contributed by atoms with Gasteiger partial charge in [0.1, 0.15) is 5.75 Å². The molecule has 0 aliphatic rings. The second kappa shape index (κ2) is 8.19. The zero-order valence-electron chi connectivity index (χ0n) is 14.4. The van der Waals surface area contributed by atoms with Crippen molar-refractivity contribution >= 4 is 15.9 Å². The maximum absolute atomic E-state index is 5.64. The maximum atomic E-state index is 5.64. The highest BCUT2D eigenvalue weighted by Crippen LogP contribution is 2.35. The predicted molar refractivity (Wildman–Crippen MR) is 95.4 cm³/mol. The van der Waals surface area contributed by atoms with Crippen molar-refractivity contribution in [2.24, 2.45) is 5.41 Å². The fourth-order valence-corrected chi connectivity index (χ4v) is 3.24. The average molecular weight is 356 g/mol. The first-order valence-electron chi connectivity index (χ1n) is 7.85. The molecular weight excluding hydrogens is 326 g/mol. The Kier molecular flexibility index (Phi) is 7.22. The molecule has 1 aromatic rings. The van der Waals surface area contributed by atoms with E-state index in [1.807, 2.05) is 0 Å². The van der Waals surface area contributed by atoms with Gasteiger partial charge in [-0.2, -0.15) is 0 Å². The van der Waals surface area contributed by atoms with Crippen LogP contribution in [-0.2, 0) is 6.42 Å². The summed E-state index contributed by atoms with van der Waals surface area (Å²) in [4.78, 5) is 0. The van der Waals surface area contributed by atoms with Gasteiger partial charge in [-0.15, -0.1) is 0 Å². The quantitative estimate of drug-likeness (QED) is 0.660. The van der Waals surface area contributed by atoms with Crippen LogP contribution in [0.15, 0.2) is 10.5 Å². The Morgan fingerprint density at radius 1 is 1.29 bits per heavy atom. The van der Waals surface area contributed by atoms with Crippen LogP contribution in [0.1, 0.15) is 50.3 Å². The van der Waals surface area contributed by atoms with Crippen LogP contribution in [0.25, 0.3) is 0 Å². The van der Waals surface area contributed by atoms with E-state index < -0.39 is 0 Å². The Morgan fingerprint density at radius 3 is 2.52 bits per heavy atom. The molecular formula is C18H30BrNO. The molecule has 3 heteroatoms. The van der Waals surface area contributed by atoms with E-state index in [2.05, 4.69) is 61.9 Å². The van der Waals surface area contributed by atoms with Crippen molar-refractivity contribution in [2.45, 2.75) is 53.9 Å². The van der Waals surface area contributed by atoms with Crippen molar-refractivity contribution < 1.29 is 4.74 Å². The summed E-state index contributed by atoms with van der Waals surface area (Å²) in [6, 6.07) is 2.14. The molecule has 0 aromatic heterocycles. The van der Waals surface area contributed by atoms with Crippen molar-refractivity contribution in [2.75, 3.05) is 20.2 Å². The summed E-state index contributed by atoms with van der Waals surface area (Å²) in [7, 11) is 1.77. The van der Waals surface area contributed by atoms with Crippen LogP contribution in [0.2, 0.25) is 0 Å². The number of hydrogen-bond acceptors (Lipinski definition) is 2. The fourth-order valence-electron chi connectivity index (χ4n) is 2.66. The standard InChI is InChI=1S/C18H30BrNO/c1-7-10-20-12-18(4,5)9-8-15-14(3)16(19)11-13(2)17(15)21-6/h11,20H,7-10,12H2,1-6H3. The lowest BCUT2D eigenvalue weighted by Crippen LogP contribution is -2.30. The molecule has 0 atom stereocenters. The molecule has 0 spiro atoms.